The molecule has 0 saturated heterocycles. The summed E-state index contributed by atoms with van der Waals surface area (Å²) in [6, 6.07) is 75.1. The molecule has 0 spiro atoms. The van der Waals surface area contributed by atoms with E-state index in [0.717, 1.165) is 54.9 Å². The standard InChI is InChI=1S/C49H35N3S/c1-5-13-36(14-6-1)38-21-27-43(28-22-38)51(41-17-9-3-10-18-41)44-31-25-40(26-32-44)49-50-47-34-33-46(35-48(47)53-49)52(42-19-11-4-12-20-42)45-29-23-39(24-30-45)37-15-7-2-8-16-37/h1-35H. The van der Waals surface area contributed by atoms with Gasteiger partial charge >= 0.3 is 0 Å². The number of aromatic nitrogens is 1. The van der Waals surface area contributed by atoms with Gasteiger partial charge in [0.25, 0.3) is 0 Å². The normalized spacial score (nSPS) is 11.0. The molecule has 1 heterocycles. The Bertz CT molecular complexity index is 2570. The minimum atomic E-state index is 0.995. The second-order valence-electron chi connectivity index (χ2n) is 12.9. The van der Waals surface area contributed by atoms with Crippen molar-refractivity contribution in [2.75, 3.05) is 9.80 Å². The van der Waals surface area contributed by atoms with Gasteiger partial charge in [0.2, 0.25) is 0 Å². The highest BCUT2D eigenvalue weighted by molar-refractivity contribution is 7.21. The van der Waals surface area contributed by atoms with Crippen LogP contribution in [-0.4, -0.2) is 4.98 Å². The van der Waals surface area contributed by atoms with Crippen molar-refractivity contribution in [3.8, 4) is 32.8 Å². The van der Waals surface area contributed by atoms with E-state index in [2.05, 4.69) is 222 Å². The highest BCUT2D eigenvalue weighted by Gasteiger charge is 2.17. The highest BCUT2D eigenvalue weighted by atomic mass is 32.1. The summed E-state index contributed by atoms with van der Waals surface area (Å²) < 4.78 is 1.15. The molecule has 9 rings (SSSR count). The zero-order valence-electron chi connectivity index (χ0n) is 29.0. The van der Waals surface area contributed by atoms with Gasteiger partial charge in [-0.1, -0.05) is 121 Å². The molecule has 0 aliphatic heterocycles. The third-order valence-corrected chi connectivity index (χ3v) is 10.6. The highest BCUT2D eigenvalue weighted by Crippen LogP contribution is 2.41. The van der Waals surface area contributed by atoms with Gasteiger partial charge in [0.15, 0.2) is 0 Å². The van der Waals surface area contributed by atoms with E-state index in [1.165, 1.54) is 22.3 Å². The van der Waals surface area contributed by atoms with Crippen LogP contribution < -0.4 is 9.80 Å². The van der Waals surface area contributed by atoms with Gasteiger partial charge in [-0.05, 0) is 113 Å². The molecule has 0 amide bonds. The minimum Gasteiger partial charge on any atom is -0.311 e. The first-order valence-corrected chi connectivity index (χ1v) is 18.6. The van der Waals surface area contributed by atoms with Crippen LogP contribution in [0.15, 0.2) is 212 Å². The van der Waals surface area contributed by atoms with Crippen LogP contribution in [0.3, 0.4) is 0 Å². The lowest BCUT2D eigenvalue weighted by Crippen LogP contribution is -2.09. The smallest absolute Gasteiger partial charge is 0.124 e. The third kappa shape index (κ3) is 6.72. The number of benzene rings is 8. The molecule has 4 heteroatoms. The van der Waals surface area contributed by atoms with Crippen molar-refractivity contribution in [2.24, 2.45) is 0 Å². The number of anilines is 6. The number of thiazole rings is 1. The second kappa shape index (κ2) is 14.5. The maximum atomic E-state index is 5.09. The van der Waals surface area contributed by atoms with Crippen molar-refractivity contribution in [1.82, 2.24) is 4.98 Å². The largest absolute Gasteiger partial charge is 0.311 e. The Hall–Kier alpha value is -6.75. The number of nitrogens with zero attached hydrogens (tertiary/aromatic N) is 3. The van der Waals surface area contributed by atoms with E-state index in [4.69, 9.17) is 4.98 Å². The van der Waals surface area contributed by atoms with Crippen LogP contribution in [0.25, 0.3) is 43.0 Å². The molecule has 0 saturated carbocycles. The van der Waals surface area contributed by atoms with E-state index in [1.807, 2.05) is 0 Å². The van der Waals surface area contributed by atoms with Crippen LogP contribution in [0.1, 0.15) is 0 Å². The van der Waals surface area contributed by atoms with Crippen LogP contribution >= 0.6 is 11.3 Å². The summed E-state index contributed by atoms with van der Waals surface area (Å²) in [6.07, 6.45) is 0. The Kier molecular flexibility index (Phi) is 8.79. The topological polar surface area (TPSA) is 19.4 Å². The Morgan fingerprint density at radius 3 is 1.09 bits per heavy atom. The van der Waals surface area contributed by atoms with Crippen molar-refractivity contribution in [3.63, 3.8) is 0 Å². The van der Waals surface area contributed by atoms with Crippen LogP contribution in [-0.2, 0) is 0 Å². The van der Waals surface area contributed by atoms with Gasteiger partial charge in [0.05, 0.1) is 10.2 Å². The van der Waals surface area contributed by atoms with E-state index in [1.54, 1.807) is 11.3 Å². The fourth-order valence-corrected chi connectivity index (χ4v) is 7.85. The maximum absolute atomic E-state index is 5.09. The number of fused-ring (bicyclic) bond motifs is 1. The average Bonchev–Trinajstić information content (AvgIpc) is 3.67. The van der Waals surface area contributed by atoms with Crippen molar-refractivity contribution in [2.45, 2.75) is 0 Å². The summed E-state index contributed by atoms with van der Waals surface area (Å²) in [4.78, 5) is 9.70. The van der Waals surface area contributed by atoms with Crippen molar-refractivity contribution >= 4 is 55.7 Å². The molecule has 53 heavy (non-hydrogen) atoms. The van der Waals surface area contributed by atoms with E-state index in [0.29, 0.717) is 0 Å². The zero-order chi connectivity index (χ0) is 35.4. The lowest BCUT2D eigenvalue weighted by Gasteiger charge is -2.25. The van der Waals surface area contributed by atoms with Gasteiger partial charge in [0.1, 0.15) is 5.01 Å². The lowest BCUT2D eigenvalue weighted by molar-refractivity contribution is 1.28. The first-order chi connectivity index (χ1) is 26.3. The Morgan fingerprint density at radius 1 is 0.302 bits per heavy atom. The molecule has 9 aromatic rings. The lowest BCUT2D eigenvalue weighted by atomic mass is 10.0. The summed E-state index contributed by atoms with van der Waals surface area (Å²) in [5.74, 6) is 0. The predicted octanol–water partition coefficient (Wildman–Crippen LogP) is 14.2. The summed E-state index contributed by atoms with van der Waals surface area (Å²) in [5, 5.41) is 1.00. The molecular weight excluding hydrogens is 663 g/mol. The molecule has 0 aliphatic rings. The quantitative estimate of drug-likeness (QED) is 0.150. The number of para-hydroxylation sites is 2. The SMILES string of the molecule is c1ccc(-c2ccc(N(c3ccccc3)c3ccc(-c4nc5ccc(N(c6ccccc6)c6ccc(-c7ccccc7)cc6)cc5s4)cc3)cc2)cc1. The number of rotatable bonds is 9. The first-order valence-electron chi connectivity index (χ1n) is 17.8. The number of hydrogen-bond acceptors (Lipinski definition) is 4. The molecule has 0 bridgehead atoms. The molecule has 8 aromatic carbocycles. The van der Waals surface area contributed by atoms with Crippen LogP contribution in [0.2, 0.25) is 0 Å². The molecule has 252 valence electrons. The van der Waals surface area contributed by atoms with Gasteiger partial charge in [-0.3, -0.25) is 0 Å². The zero-order valence-corrected chi connectivity index (χ0v) is 29.8. The Morgan fingerprint density at radius 2 is 0.642 bits per heavy atom. The van der Waals surface area contributed by atoms with Crippen molar-refractivity contribution in [3.05, 3.63) is 212 Å². The van der Waals surface area contributed by atoms with E-state index in [9.17, 15) is 0 Å². The van der Waals surface area contributed by atoms with E-state index >= 15 is 0 Å². The van der Waals surface area contributed by atoms with Gasteiger partial charge in [-0.2, -0.15) is 0 Å². The molecule has 0 aliphatic carbocycles. The minimum absolute atomic E-state index is 0.995. The van der Waals surface area contributed by atoms with Gasteiger partial charge < -0.3 is 9.80 Å². The maximum Gasteiger partial charge on any atom is 0.124 e. The second-order valence-corrected chi connectivity index (χ2v) is 13.9. The van der Waals surface area contributed by atoms with Gasteiger partial charge in [0, 0.05) is 39.7 Å². The van der Waals surface area contributed by atoms with E-state index < -0.39 is 0 Å². The fraction of sp³-hybridized carbons (Fsp3) is 0. The first kappa shape index (κ1) is 32.2. The molecule has 0 fully saturated rings. The monoisotopic (exact) mass is 697 g/mol. The van der Waals surface area contributed by atoms with Crippen molar-refractivity contribution in [1.29, 1.82) is 0 Å². The van der Waals surface area contributed by atoms with Crippen molar-refractivity contribution < 1.29 is 0 Å². The molecule has 1 aromatic heterocycles. The third-order valence-electron chi connectivity index (χ3n) is 9.50. The van der Waals surface area contributed by atoms with Crippen LogP contribution in [0, 0.1) is 0 Å². The van der Waals surface area contributed by atoms with Gasteiger partial charge in [-0.25, -0.2) is 4.98 Å². The van der Waals surface area contributed by atoms with Gasteiger partial charge in [-0.15, -0.1) is 11.3 Å². The summed E-state index contributed by atoms with van der Waals surface area (Å²) in [6.45, 7) is 0. The van der Waals surface area contributed by atoms with E-state index in [-0.39, 0.29) is 0 Å². The fourth-order valence-electron chi connectivity index (χ4n) is 6.84. The molecule has 3 nitrogen and oxygen atoms in total. The Labute approximate surface area is 314 Å². The average molecular weight is 698 g/mol. The predicted molar refractivity (Wildman–Crippen MR) is 225 cm³/mol. The molecule has 0 atom stereocenters. The van der Waals surface area contributed by atoms with Crippen LogP contribution in [0.5, 0.6) is 0 Å². The molecule has 0 N–H and O–H groups in total. The molecule has 0 radical (unpaired) electrons. The summed E-state index contributed by atoms with van der Waals surface area (Å²) >= 11 is 1.73. The molecule has 0 unspecified atom stereocenters. The summed E-state index contributed by atoms with van der Waals surface area (Å²) in [7, 11) is 0. The number of hydrogen-bond donors (Lipinski definition) is 0. The Balaban J connectivity index is 1.02. The van der Waals surface area contributed by atoms with Crippen LogP contribution in [0.4, 0.5) is 34.1 Å². The summed E-state index contributed by atoms with van der Waals surface area (Å²) in [5.41, 5.74) is 13.5. The molecular formula is C49H35N3S.